The van der Waals surface area contributed by atoms with Gasteiger partial charge in [0.25, 0.3) is 11.8 Å². The van der Waals surface area contributed by atoms with Gasteiger partial charge >= 0.3 is 0 Å². The van der Waals surface area contributed by atoms with E-state index in [2.05, 4.69) is 5.32 Å². The Balaban J connectivity index is 1.24. The number of carbonyl (C=O) groups excluding carboxylic acids is 4. The van der Waals surface area contributed by atoms with Gasteiger partial charge in [-0.2, -0.15) is 0 Å². The van der Waals surface area contributed by atoms with Crippen LogP contribution in [0, 0.1) is 0 Å². The Morgan fingerprint density at radius 1 is 1.06 bits per heavy atom. The summed E-state index contributed by atoms with van der Waals surface area (Å²) in [6, 6.07) is 12.7. The fourth-order valence-electron chi connectivity index (χ4n) is 5.12. The zero-order chi connectivity index (χ0) is 25.4. The average molecular weight is 508 g/mol. The number of nitrogens with zero attached hydrogens (tertiary/aromatic N) is 2. The third kappa shape index (κ3) is 4.90. The molecule has 3 unspecified atom stereocenters. The summed E-state index contributed by atoms with van der Waals surface area (Å²) in [6.07, 6.45) is 0.637. The highest BCUT2D eigenvalue weighted by Crippen LogP contribution is 2.35. The van der Waals surface area contributed by atoms with Crippen molar-refractivity contribution in [2.75, 3.05) is 13.1 Å². The minimum absolute atomic E-state index is 0.0177. The maximum absolute atomic E-state index is 13.0. The van der Waals surface area contributed by atoms with Gasteiger partial charge in [-0.3, -0.25) is 24.5 Å². The second-order valence-electron chi connectivity index (χ2n) is 9.64. The Hall–Kier alpha value is -3.17. The lowest BCUT2D eigenvalue weighted by atomic mass is 10.0. The first-order valence-electron chi connectivity index (χ1n) is 12.2. The minimum atomic E-state index is -0.622. The van der Waals surface area contributed by atoms with Crippen molar-refractivity contribution < 1.29 is 23.9 Å². The van der Waals surface area contributed by atoms with Crippen molar-refractivity contribution in [2.45, 2.75) is 62.1 Å². The zero-order valence-electron chi connectivity index (χ0n) is 20.4. The second-order valence-corrected chi connectivity index (χ2v) is 10.7. The van der Waals surface area contributed by atoms with E-state index in [4.69, 9.17) is 4.74 Å². The fraction of sp³-hybridized carbons (Fsp3) is 0.407. The molecule has 8 nitrogen and oxygen atoms in total. The normalized spacial score (nSPS) is 24.1. The molecule has 0 aliphatic carbocycles. The molecular weight excluding hydrogens is 478 g/mol. The van der Waals surface area contributed by atoms with E-state index in [1.807, 2.05) is 55.1 Å². The fourth-order valence-corrected chi connectivity index (χ4v) is 6.16. The smallest absolute Gasteiger partial charge is 0.255 e. The second kappa shape index (κ2) is 10.1. The molecule has 3 heterocycles. The summed E-state index contributed by atoms with van der Waals surface area (Å²) in [5.74, 6) is -0.167. The number of hydrogen-bond donors (Lipinski definition) is 1. The van der Waals surface area contributed by atoms with Crippen molar-refractivity contribution >= 4 is 35.4 Å². The van der Waals surface area contributed by atoms with Crippen molar-refractivity contribution in [3.63, 3.8) is 0 Å². The number of benzene rings is 2. The Bertz CT molecular complexity index is 1200. The molecule has 3 aliphatic rings. The van der Waals surface area contributed by atoms with Crippen LogP contribution in [0.3, 0.4) is 0 Å². The molecule has 2 fully saturated rings. The number of rotatable bonds is 5. The molecule has 5 rings (SSSR count). The highest BCUT2D eigenvalue weighted by molar-refractivity contribution is 7.98. The van der Waals surface area contributed by atoms with E-state index in [0.29, 0.717) is 42.9 Å². The van der Waals surface area contributed by atoms with Gasteiger partial charge in [-0.1, -0.05) is 18.2 Å². The first kappa shape index (κ1) is 24.5. The number of imide groups is 1. The molecule has 188 valence electrons. The van der Waals surface area contributed by atoms with Crippen molar-refractivity contribution in [1.29, 1.82) is 0 Å². The highest BCUT2D eigenvalue weighted by atomic mass is 32.2. The lowest BCUT2D eigenvalue weighted by Crippen LogP contribution is -2.52. The van der Waals surface area contributed by atoms with E-state index in [1.54, 1.807) is 22.7 Å². The SMILES string of the molecule is CC1CN(C(=O)c2ccc(CSc3cccc4c3CN(C3CCC(=O)NC3=O)C4=O)cc2)CC(C)O1. The van der Waals surface area contributed by atoms with E-state index < -0.39 is 11.9 Å². The van der Waals surface area contributed by atoms with Gasteiger partial charge in [0.15, 0.2) is 0 Å². The number of piperidine rings is 1. The van der Waals surface area contributed by atoms with Crippen molar-refractivity contribution in [3.05, 3.63) is 64.7 Å². The molecule has 9 heteroatoms. The summed E-state index contributed by atoms with van der Waals surface area (Å²) in [4.78, 5) is 54.2. The van der Waals surface area contributed by atoms with Gasteiger partial charge in [-0.25, -0.2) is 0 Å². The Morgan fingerprint density at radius 2 is 1.78 bits per heavy atom. The van der Waals surface area contributed by atoms with E-state index in [9.17, 15) is 19.2 Å². The molecule has 0 spiro atoms. The molecule has 0 bridgehead atoms. The molecule has 3 atom stereocenters. The molecule has 1 N–H and O–H groups in total. The first-order valence-corrected chi connectivity index (χ1v) is 13.2. The maximum atomic E-state index is 13.0. The van der Waals surface area contributed by atoms with Gasteiger partial charge in [-0.05, 0) is 55.7 Å². The largest absolute Gasteiger partial charge is 0.372 e. The summed E-state index contributed by atoms with van der Waals surface area (Å²) in [5.41, 5.74) is 3.26. The molecule has 0 aromatic heterocycles. The van der Waals surface area contributed by atoms with Crippen LogP contribution in [0.1, 0.15) is 58.5 Å². The summed E-state index contributed by atoms with van der Waals surface area (Å²) in [7, 11) is 0. The number of carbonyl (C=O) groups is 4. The summed E-state index contributed by atoms with van der Waals surface area (Å²) >= 11 is 1.63. The number of hydrogen-bond acceptors (Lipinski definition) is 6. The van der Waals surface area contributed by atoms with Crippen LogP contribution in [0.15, 0.2) is 47.4 Å². The van der Waals surface area contributed by atoms with Crippen molar-refractivity contribution in [3.8, 4) is 0 Å². The molecular formula is C27H29N3O5S. The number of ether oxygens (including phenoxy) is 1. The number of fused-ring (bicyclic) bond motifs is 1. The van der Waals surface area contributed by atoms with Gasteiger partial charge in [-0.15, -0.1) is 11.8 Å². The van der Waals surface area contributed by atoms with E-state index in [0.717, 1.165) is 16.0 Å². The summed E-state index contributed by atoms with van der Waals surface area (Å²) in [6.45, 7) is 5.50. The Morgan fingerprint density at radius 3 is 2.47 bits per heavy atom. The lowest BCUT2D eigenvalue weighted by molar-refractivity contribution is -0.136. The summed E-state index contributed by atoms with van der Waals surface area (Å²) < 4.78 is 5.73. The Labute approximate surface area is 214 Å². The predicted octanol–water partition coefficient (Wildman–Crippen LogP) is 2.99. The van der Waals surface area contributed by atoms with Crippen molar-refractivity contribution in [1.82, 2.24) is 15.1 Å². The van der Waals surface area contributed by atoms with Crippen LogP contribution in [0.2, 0.25) is 0 Å². The van der Waals surface area contributed by atoms with E-state index in [1.165, 1.54) is 0 Å². The number of thioether (sulfide) groups is 1. The predicted molar refractivity (Wildman–Crippen MR) is 134 cm³/mol. The lowest BCUT2D eigenvalue weighted by Gasteiger charge is -2.35. The summed E-state index contributed by atoms with van der Waals surface area (Å²) in [5, 5.41) is 2.34. The third-order valence-electron chi connectivity index (χ3n) is 6.84. The number of nitrogens with one attached hydrogen (secondary N) is 1. The molecule has 2 aromatic carbocycles. The van der Waals surface area contributed by atoms with Crippen LogP contribution in [-0.2, 0) is 26.6 Å². The van der Waals surface area contributed by atoms with Gasteiger partial charge < -0.3 is 14.5 Å². The molecule has 3 aliphatic heterocycles. The van der Waals surface area contributed by atoms with Crippen LogP contribution >= 0.6 is 11.8 Å². The Kier molecular flexibility index (Phi) is 6.85. The van der Waals surface area contributed by atoms with Gasteiger partial charge in [0.1, 0.15) is 6.04 Å². The molecule has 2 saturated heterocycles. The van der Waals surface area contributed by atoms with E-state index >= 15 is 0 Å². The van der Waals surface area contributed by atoms with Gasteiger partial charge in [0.2, 0.25) is 11.8 Å². The van der Waals surface area contributed by atoms with Gasteiger partial charge in [0.05, 0.1) is 12.2 Å². The van der Waals surface area contributed by atoms with Crippen LogP contribution in [-0.4, -0.2) is 64.8 Å². The number of morpholine rings is 1. The minimum Gasteiger partial charge on any atom is -0.372 e. The molecule has 36 heavy (non-hydrogen) atoms. The van der Waals surface area contributed by atoms with E-state index in [-0.39, 0.29) is 36.4 Å². The van der Waals surface area contributed by atoms with Crippen LogP contribution in [0.25, 0.3) is 0 Å². The zero-order valence-corrected chi connectivity index (χ0v) is 21.2. The molecule has 4 amide bonds. The topological polar surface area (TPSA) is 96.0 Å². The molecule has 0 saturated carbocycles. The number of amides is 4. The van der Waals surface area contributed by atoms with Crippen LogP contribution in [0.4, 0.5) is 0 Å². The molecule has 2 aromatic rings. The van der Waals surface area contributed by atoms with Crippen molar-refractivity contribution in [2.24, 2.45) is 0 Å². The quantitative estimate of drug-likeness (QED) is 0.494. The standard InChI is InChI=1S/C27H29N3O5S/c1-16-12-29(13-17(2)35-16)26(33)19-8-6-18(7-9-19)15-36-23-5-3-4-20-21(23)14-30(27(20)34)22-10-11-24(31)28-25(22)32/h3-9,16-17,22H,10-15H2,1-2H3,(H,28,31,32). The van der Waals surface area contributed by atoms with Crippen LogP contribution in [0.5, 0.6) is 0 Å². The van der Waals surface area contributed by atoms with Gasteiger partial charge in [0, 0.05) is 47.8 Å². The molecule has 0 radical (unpaired) electrons. The third-order valence-corrected chi connectivity index (χ3v) is 8.01. The highest BCUT2D eigenvalue weighted by Gasteiger charge is 2.39. The van der Waals surface area contributed by atoms with Crippen LogP contribution < -0.4 is 5.32 Å². The average Bonchev–Trinajstić information content (AvgIpc) is 3.19. The first-order chi connectivity index (χ1) is 17.3. The monoisotopic (exact) mass is 507 g/mol. The maximum Gasteiger partial charge on any atom is 0.255 e.